The van der Waals surface area contributed by atoms with Crippen LogP contribution in [0.15, 0.2) is 60.7 Å². The monoisotopic (exact) mass is 333 g/mol. The Balaban J connectivity index is 2.31. The highest BCUT2D eigenvalue weighted by atomic mass is 16.5. The summed E-state index contributed by atoms with van der Waals surface area (Å²) in [5.41, 5.74) is 3.72. The van der Waals surface area contributed by atoms with Gasteiger partial charge in [0.1, 0.15) is 0 Å². The van der Waals surface area contributed by atoms with Crippen molar-refractivity contribution in [1.29, 1.82) is 0 Å². The van der Waals surface area contributed by atoms with Crippen molar-refractivity contribution in [3.8, 4) is 11.8 Å². The van der Waals surface area contributed by atoms with Crippen LogP contribution in [0.3, 0.4) is 0 Å². The molecule has 0 aromatic heterocycles. The minimum Gasteiger partial charge on any atom is -0.463 e. The highest BCUT2D eigenvalue weighted by molar-refractivity contribution is 5.96. The molecular formula is C22H23NO2. The van der Waals surface area contributed by atoms with E-state index in [-0.39, 0.29) is 5.97 Å². The molecule has 0 amide bonds. The second-order valence-corrected chi connectivity index (χ2v) is 5.79. The second-order valence-electron chi connectivity index (χ2n) is 5.79. The fourth-order valence-corrected chi connectivity index (χ4v) is 2.29. The maximum Gasteiger partial charge on any atom is 0.331 e. The van der Waals surface area contributed by atoms with E-state index >= 15 is 0 Å². The molecule has 0 heterocycles. The Morgan fingerprint density at radius 1 is 1.04 bits per heavy atom. The smallest absolute Gasteiger partial charge is 0.331 e. The van der Waals surface area contributed by atoms with Gasteiger partial charge in [-0.3, -0.25) is 4.90 Å². The summed E-state index contributed by atoms with van der Waals surface area (Å²) in [5, 5.41) is 0. The predicted octanol–water partition coefficient (Wildman–Crippen LogP) is 3.59. The molecule has 0 unspecified atom stereocenters. The van der Waals surface area contributed by atoms with Crippen molar-refractivity contribution in [2.45, 2.75) is 6.92 Å². The summed E-state index contributed by atoms with van der Waals surface area (Å²) < 4.78 is 5.07. The lowest BCUT2D eigenvalue weighted by atomic mass is 9.96. The normalized spacial score (nSPS) is 11.0. The molecule has 0 atom stereocenters. The summed E-state index contributed by atoms with van der Waals surface area (Å²) in [7, 11) is 3.98. The number of nitrogens with zero attached hydrogens (tertiary/aromatic N) is 1. The lowest BCUT2D eigenvalue weighted by Gasteiger charge is -2.09. The maximum atomic E-state index is 11.9. The van der Waals surface area contributed by atoms with E-state index in [0.29, 0.717) is 6.61 Å². The number of hydrogen-bond donors (Lipinski definition) is 0. The average molecular weight is 333 g/mol. The highest BCUT2D eigenvalue weighted by Gasteiger charge is 2.08. The van der Waals surface area contributed by atoms with Crippen LogP contribution in [0.25, 0.3) is 5.57 Å². The van der Waals surface area contributed by atoms with E-state index in [1.54, 1.807) is 13.0 Å². The van der Waals surface area contributed by atoms with Crippen LogP contribution in [0.4, 0.5) is 0 Å². The maximum absolute atomic E-state index is 11.9. The molecule has 3 nitrogen and oxygen atoms in total. The SMILES string of the molecule is CCOC(=O)/C=C(\c1ccccc1)c1ccc(C#CCN(C)C)cc1. The predicted molar refractivity (Wildman–Crippen MR) is 102 cm³/mol. The van der Waals surface area contributed by atoms with E-state index < -0.39 is 0 Å². The second kappa shape index (κ2) is 9.46. The van der Waals surface area contributed by atoms with Gasteiger partial charge < -0.3 is 4.74 Å². The fourth-order valence-electron chi connectivity index (χ4n) is 2.29. The summed E-state index contributed by atoms with van der Waals surface area (Å²) in [6.45, 7) is 2.88. The molecule has 25 heavy (non-hydrogen) atoms. The van der Waals surface area contributed by atoms with Gasteiger partial charge in [-0.05, 0) is 49.9 Å². The number of benzene rings is 2. The molecule has 0 spiro atoms. The van der Waals surface area contributed by atoms with Crippen LogP contribution < -0.4 is 0 Å². The van der Waals surface area contributed by atoms with Crippen molar-refractivity contribution in [3.63, 3.8) is 0 Å². The first-order chi connectivity index (χ1) is 12.1. The summed E-state index contributed by atoms with van der Waals surface area (Å²) in [4.78, 5) is 14.0. The summed E-state index contributed by atoms with van der Waals surface area (Å²) >= 11 is 0. The molecule has 2 aromatic carbocycles. The Bertz CT molecular complexity index is 778. The number of rotatable bonds is 5. The first-order valence-corrected chi connectivity index (χ1v) is 8.28. The van der Waals surface area contributed by atoms with Gasteiger partial charge in [-0.2, -0.15) is 0 Å². The number of hydrogen-bond acceptors (Lipinski definition) is 3. The molecule has 2 rings (SSSR count). The molecule has 0 saturated heterocycles. The van der Waals surface area contributed by atoms with Gasteiger partial charge in [-0.25, -0.2) is 4.79 Å². The van der Waals surface area contributed by atoms with Gasteiger partial charge >= 0.3 is 5.97 Å². The molecule has 128 valence electrons. The molecule has 0 aliphatic carbocycles. The fraction of sp³-hybridized carbons (Fsp3) is 0.227. The minimum atomic E-state index is -0.337. The molecule has 0 aliphatic rings. The summed E-state index contributed by atoms with van der Waals surface area (Å²) in [6.07, 6.45) is 1.55. The van der Waals surface area contributed by atoms with Gasteiger partial charge in [0.05, 0.1) is 13.2 Å². The van der Waals surface area contributed by atoms with Crippen LogP contribution >= 0.6 is 0 Å². The summed E-state index contributed by atoms with van der Waals surface area (Å²) in [5.74, 6) is 5.92. The van der Waals surface area contributed by atoms with Crippen LogP contribution in [-0.2, 0) is 9.53 Å². The Morgan fingerprint density at radius 3 is 2.28 bits per heavy atom. The minimum absolute atomic E-state index is 0.337. The third-order valence-corrected chi connectivity index (χ3v) is 3.46. The lowest BCUT2D eigenvalue weighted by molar-refractivity contribution is -0.137. The molecule has 0 saturated carbocycles. The number of carbonyl (C=O) groups excluding carboxylic acids is 1. The van der Waals surface area contributed by atoms with Gasteiger partial charge in [0.15, 0.2) is 0 Å². The quantitative estimate of drug-likeness (QED) is 0.476. The number of carbonyl (C=O) groups is 1. The largest absolute Gasteiger partial charge is 0.463 e. The zero-order valence-corrected chi connectivity index (χ0v) is 15.0. The van der Waals surface area contributed by atoms with Crippen LogP contribution in [0.1, 0.15) is 23.6 Å². The van der Waals surface area contributed by atoms with Crippen LogP contribution in [-0.4, -0.2) is 38.1 Å². The van der Waals surface area contributed by atoms with Crippen LogP contribution in [0.2, 0.25) is 0 Å². The van der Waals surface area contributed by atoms with Gasteiger partial charge in [0, 0.05) is 11.6 Å². The molecule has 0 bridgehead atoms. The van der Waals surface area contributed by atoms with Crippen LogP contribution in [0, 0.1) is 11.8 Å². The molecular weight excluding hydrogens is 310 g/mol. The third kappa shape index (κ3) is 5.95. The standard InChI is InChI=1S/C22H23NO2/c1-4-25-22(24)17-21(19-10-6-5-7-11-19)20-14-12-18(13-15-20)9-8-16-23(2)3/h5-7,10-15,17H,4,16H2,1-3H3/b21-17+. The summed E-state index contributed by atoms with van der Waals surface area (Å²) in [6, 6.07) is 17.7. The Kier molecular flexibility index (Phi) is 7.00. The van der Waals surface area contributed by atoms with Crippen molar-refractivity contribution in [2.75, 3.05) is 27.2 Å². The molecule has 0 radical (unpaired) electrons. The number of ether oxygens (including phenoxy) is 1. The third-order valence-electron chi connectivity index (χ3n) is 3.46. The van der Waals surface area contributed by atoms with Gasteiger partial charge in [-0.15, -0.1) is 0 Å². The van der Waals surface area contributed by atoms with E-state index in [9.17, 15) is 4.79 Å². The average Bonchev–Trinajstić information content (AvgIpc) is 2.61. The Morgan fingerprint density at radius 2 is 1.68 bits per heavy atom. The van der Waals surface area contributed by atoms with Gasteiger partial charge in [0.25, 0.3) is 0 Å². The van der Waals surface area contributed by atoms with Gasteiger partial charge in [0.2, 0.25) is 0 Å². The first kappa shape index (κ1) is 18.5. The van der Waals surface area contributed by atoms with E-state index in [1.807, 2.05) is 73.6 Å². The zero-order chi connectivity index (χ0) is 18.1. The molecule has 0 aliphatic heterocycles. The zero-order valence-electron chi connectivity index (χ0n) is 15.0. The lowest BCUT2D eigenvalue weighted by Crippen LogP contribution is -2.10. The van der Waals surface area contributed by atoms with Crippen molar-refractivity contribution in [1.82, 2.24) is 4.90 Å². The highest BCUT2D eigenvalue weighted by Crippen LogP contribution is 2.23. The topological polar surface area (TPSA) is 29.5 Å². The molecule has 0 N–H and O–H groups in total. The van der Waals surface area contributed by atoms with Gasteiger partial charge in [-0.1, -0.05) is 54.3 Å². The first-order valence-electron chi connectivity index (χ1n) is 8.28. The van der Waals surface area contributed by atoms with Crippen molar-refractivity contribution >= 4 is 11.5 Å². The molecule has 3 heteroatoms. The van der Waals surface area contributed by atoms with Crippen molar-refractivity contribution in [3.05, 3.63) is 77.4 Å². The Labute approximate surface area is 149 Å². The van der Waals surface area contributed by atoms with E-state index in [4.69, 9.17) is 4.74 Å². The Hall–Kier alpha value is -2.83. The number of esters is 1. The van der Waals surface area contributed by atoms with Crippen LogP contribution in [0.5, 0.6) is 0 Å². The van der Waals surface area contributed by atoms with Crippen molar-refractivity contribution < 1.29 is 9.53 Å². The van der Waals surface area contributed by atoms with E-state index in [0.717, 1.165) is 28.8 Å². The molecule has 0 fully saturated rings. The molecule has 2 aromatic rings. The van der Waals surface area contributed by atoms with E-state index in [2.05, 4.69) is 11.8 Å². The van der Waals surface area contributed by atoms with Crippen molar-refractivity contribution in [2.24, 2.45) is 0 Å². The van der Waals surface area contributed by atoms with E-state index in [1.165, 1.54) is 0 Å².